The van der Waals surface area contributed by atoms with Gasteiger partial charge in [-0.25, -0.2) is 0 Å². The van der Waals surface area contributed by atoms with Crippen molar-refractivity contribution in [3.8, 4) is 11.3 Å². The van der Waals surface area contributed by atoms with Crippen LogP contribution in [0, 0.1) is 0 Å². The highest BCUT2D eigenvalue weighted by Crippen LogP contribution is 2.41. The lowest BCUT2D eigenvalue weighted by atomic mass is 9.94. The van der Waals surface area contributed by atoms with Gasteiger partial charge in [0.1, 0.15) is 5.82 Å². The molecule has 1 amide bonds. The lowest BCUT2D eigenvalue weighted by Crippen LogP contribution is -2.31. The van der Waals surface area contributed by atoms with Gasteiger partial charge < -0.3 is 10.2 Å². The zero-order valence-electron chi connectivity index (χ0n) is 22.0. The molecular formula is C30H34N6O. The number of hydrogen-bond donors (Lipinski definition) is 1. The SMILES string of the molecule is CCC1C(CN2CC=C(c3ccc(C(=O)N(C)C)cc3)CC2)=Cc2c(-c3ccc(NC)nn3)ccnc21. The van der Waals surface area contributed by atoms with Gasteiger partial charge in [-0.15, -0.1) is 10.2 Å². The maximum atomic E-state index is 12.2. The zero-order valence-corrected chi connectivity index (χ0v) is 22.0. The van der Waals surface area contributed by atoms with Gasteiger partial charge >= 0.3 is 0 Å². The molecule has 0 saturated heterocycles. The molecule has 2 aliphatic rings. The van der Waals surface area contributed by atoms with Crippen molar-refractivity contribution < 1.29 is 4.79 Å². The van der Waals surface area contributed by atoms with Crippen LogP contribution in [0.2, 0.25) is 0 Å². The standard InChI is InChI=1S/C30H34N6O/c1-5-24-23(18-26-25(12-15-32-29(24)26)27-10-11-28(31-2)34-33-27)19-36-16-13-21(14-17-36)20-6-8-22(9-7-20)30(37)35(3)4/h6-13,15,18,24H,5,14,16-17,19H2,1-4H3,(H,31,34). The largest absolute Gasteiger partial charge is 0.372 e. The molecule has 0 bridgehead atoms. The number of hydrogen-bond acceptors (Lipinski definition) is 6. The van der Waals surface area contributed by atoms with E-state index in [1.165, 1.54) is 22.3 Å². The summed E-state index contributed by atoms with van der Waals surface area (Å²) in [6.07, 6.45) is 8.58. The molecule has 1 aliphatic heterocycles. The molecule has 37 heavy (non-hydrogen) atoms. The number of anilines is 1. The van der Waals surface area contributed by atoms with E-state index in [0.29, 0.717) is 5.92 Å². The molecular weight excluding hydrogens is 460 g/mol. The van der Waals surface area contributed by atoms with Crippen LogP contribution >= 0.6 is 0 Å². The topological polar surface area (TPSA) is 74.2 Å². The predicted molar refractivity (Wildman–Crippen MR) is 149 cm³/mol. The van der Waals surface area contributed by atoms with Crippen LogP contribution in [0.3, 0.4) is 0 Å². The molecule has 0 saturated carbocycles. The Kier molecular flexibility index (Phi) is 7.15. The Balaban J connectivity index is 1.31. The third-order valence-corrected chi connectivity index (χ3v) is 7.34. The van der Waals surface area contributed by atoms with E-state index in [2.05, 4.69) is 51.6 Å². The minimum atomic E-state index is 0.0336. The minimum Gasteiger partial charge on any atom is -0.372 e. The van der Waals surface area contributed by atoms with Gasteiger partial charge in [-0.1, -0.05) is 31.2 Å². The van der Waals surface area contributed by atoms with Crippen molar-refractivity contribution in [3.63, 3.8) is 0 Å². The number of rotatable bonds is 7. The third-order valence-electron chi connectivity index (χ3n) is 7.34. The van der Waals surface area contributed by atoms with Crippen LogP contribution in [0.25, 0.3) is 22.9 Å². The van der Waals surface area contributed by atoms with Crippen molar-refractivity contribution in [2.45, 2.75) is 25.7 Å². The summed E-state index contributed by atoms with van der Waals surface area (Å²) in [5.41, 5.74) is 8.98. The maximum Gasteiger partial charge on any atom is 0.253 e. The van der Waals surface area contributed by atoms with Crippen LogP contribution in [-0.2, 0) is 0 Å². The number of nitrogens with one attached hydrogen (secondary N) is 1. The van der Waals surface area contributed by atoms with Crippen LogP contribution in [0.15, 0.2) is 60.3 Å². The molecule has 7 heteroatoms. The molecule has 1 aromatic carbocycles. The van der Waals surface area contributed by atoms with E-state index >= 15 is 0 Å². The molecule has 190 valence electrons. The molecule has 7 nitrogen and oxygen atoms in total. The second-order valence-electron chi connectivity index (χ2n) is 9.88. The third kappa shape index (κ3) is 5.04. The van der Waals surface area contributed by atoms with Crippen molar-refractivity contribution in [3.05, 3.63) is 82.7 Å². The number of benzene rings is 1. The number of nitrogens with zero attached hydrogens (tertiary/aromatic N) is 5. The fraction of sp³-hybridized carbons (Fsp3) is 0.333. The molecule has 1 unspecified atom stereocenters. The van der Waals surface area contributed by atoms with Gasteiger partial charge in [-0.3, -0.25) is 14.7 Å². The van der Waals surface area contributed by atoms with E-state index in [1.54, 1.807) is 19.0 Å². The maximum absolute atomic E-state index is 12.2. The Hall–Kier alpha value is -3.84. The number of carbonyl (C=O) groups excluding carboxylic acids is 1. The van der Waals surface area contributed by atoms with E-state index in [-0.39, 0.29) is 5.91 Å². The second kappa shape index (κ2) is 10.6. The van der Waals surface area contributed by atoms with Crippen LogP contribution < -0.4 is 5.32 Å². The average molecular weight is 495 g/mol. The van der Waals surface area contributed by atoms with Gasteiger partial charge in [0, 0.05) is 69.6 Å². The molecule has 5 rings (SSSR count). The van der Waals surface area contributed by atoms with Crippen molar-refractivity contribution >= 4 is 23.4 Å². The number of amides is 1. The first-order chi connectivity index (χ1) is 18.0. The zero-order chi connectivity index (χ0) is 25.9. The lowest BCUT2D eigenvalue weighted by Gasteiger charge is -2.28. The van der Waals surface area contributed by atoms with Crippen LogP contribution in [-0.4, -0.2) is 71.7 Å². The molecule has 0 radical (unpaired) electrons. The number of pyridine rings is 1. The fourth-order valence-electron chi connectivity index (χ4n) is 5.28. The van der Waals surface area contributed by atoms with Gasteiger partial charge in [0.15, 0.2) is 0 Å². The second-order valence-corrected chi connectivity index (χ2v) is 9.88. The van der Waals surface area contributed by atoms with Crippen molar-refractivity contribution in [2.75, 3.05) is 46.1 Å². The van der Waals surface area contributed by atoms with E-state index in [4.69, 9.17) is 4.98 Å². The van der Waals surface area contributed by atoms with E-state index < -0.39 is 0 Å². The van der Waals surface area contributed by atoms with E-state index in [9.17, 15) is 4.79 Å². The van der Waals surface area contributed by atoms with Gasteiger partial charge in [-0.05, 0) is 59.9 Å². The molecule has 3 aromatic rings. The monoisotopic (exact) mass is 494 g/mol. The summed E-state index contributed by atoms with van der Waals surface area (Å²) in [4.78, 5) is 21.1. The van der Waals surface area contributed by atoms with Crippen molar-refractivity contribution in [1.82, 2.24) is 25.0 Å². The van der Waals surface area contributed by atoms with Crippen LogP contribution in [0.1, 0.15) is 52.9 Å². The first-order valence-electron chi connectivity index (χ1n) is 12.9. The normalized spacial score (nSPS) is 17.1. The van der Waals surface area contributed by atoms with Crippen molar-refractivity contribution in [2.24, 2.45) is 0 Å². The minimum absolute atomic E-state index is 0.0336. The molecule has 1 aliphatic carbocycles. The summed E-state index contributed by atoms with van der Waals surface area (Å²) in [5.74, 6) is 1.12. The van der Waals surface area contributed by atoms with E-state index in [0.717, 1.165) is 60.8 Å². The summed E-state index contributed by atoms with van der Waals surface area (Å²) in [6.45, 7) is 5.09. The summed E-state index contributed by atoms with van der Waals surface area (Å²) >= 11 is 0. The van der Waals surface area contributed by atoms with Gasteiger partial charge in [0.25, 0.3) is 5.91 Å². The Labute approximate surface area is 218 Å². The average Bonchev–Trinajstić information content (AvgIpc) is 3.30. The number of fused-ring (bicyclic) bond motifs is 1. The first-order valence-corrected chi connectivity index (χ1v) is 12.9. The van der Waals surface area contributed by atoms with Gasteiger partial charge in [0.05, 0.1) is 11.4 Å². The summed E-state index contributed by atoms with van der Waals surface area (Å²) in [7, 11) is 5.40. The molecule has 0 spiro atoms. The Morgan fingerprint density at radius 2 is 1.92 bits per heavy atom. The predicted octanol–water partition coefficient (Wildman–Crippen LogP) is 4.96. The first kappa shape index (κ1) is 24.8. The molecule has 1 N–H and O–H groups in total. The van der Waals surface area contributed by atoms with Gasteiger partial charge in [-0.2, -0.15) is 0 Å². The van der Waals surface area contributed by atoms with Crippen molar-refractivity contribution in [1.29, 1.82) is 0 Å². The highest BCUT2D eigenvalue weighted by molar-refractivity contribution is 5.94. The van der Waals surface area contributed by atoms with E-state index in [1.807, 2.05) is 43.6 Å². The molecule has 1 atom stereocenters. The molecule has 2 aromatic heterocycles. The lowest BCUT2D eigenvalue weighted by molar-refractivity contribution is 0.0827. The number of carbonyl (C=O) groups is 1. The summed E-state index contributed by atoms with van der Waals surface area (Å²) in [6, 6.07) is 14.0. The Morgan fingerprint density at radius 1 is 1.11 bits per heavy atom. The number of aromatic nitrogens is 3. The summed E-state index contributed by atoms with van der Waals surface area (Å²) < 4.78 is 0. The fourth-order valence-corrected chi connectivity index (χ4v) is 5.28. The Bertz CT molecular complexity index is 1340. The Morgan fingerprint density at radius 3 is 2.54 bits per heavy atom. The molecule has 3 heterocycles. The quantitative estimate of drug-likeness (QED) is 0.500. The smallest absolute Gasteiger partial charge is 0.253 e. The van der Waals surface area contributed by atoms with Crippen LogP contribution in [0.5, 0.6) is 0 Å². The highest BCUT2D eigenvalue weighted by atomic mass is 16.2. The molecule has 0 fully saturated rings. The summed E-state index contributed by atoms with van der Waals surface area (Å²) in [5, 5.41) is 11.7. The highest BCUT2D eigenvalue weighted by Gasteiger charge is 2.29. The van der Waals surface area contributed by atoms with Gasteiger partial charge in [0.2, 0.25) is 0 Å². The van der Waals surface area contributed by atoms with Crippen LogP contribution in [0.4, 0.5) is 5.82 Å².